The van der Waals surface area contributed by atoms with Crippen LogP contribution in [0, 0.1) is 11.8 Å². The van der Waals surface area contributed by atoms with Crippen LogP contribution in [0.2, 0.25) is 0 Å². The summed E-state index contributed by atoms with van der Waals surface area (Å²) in [4.78, 5) is 12.1. The van der Waals surface area contributed by atoms with Crippen molar-refractivity contribution in [2.24, 2.45) is 17.6 Å². The highest BCUT2D eigenvalue weighted by Gasteiger charge is 2.28. The number of rotatable bonds is 4. The topological polar surface area (TPSA) is 52.3 Å². The first-order valence-corrected chi connectivity index (χ1v) is 7.54. The zero-order valence-electron chi connectivity index (χ0n) is 12.4. The minimum atomic E-state index is -0.565. The fraction of sp³-hybridized carbons (Fsp3) is 0.588. The summed E-state index contributed by atoms with van der Waals surface area (Å²) in [5.41, 5.74) is 7.03. The van der Waals surface area contributed by atoms with Crippen LogP contribution in [-0.4, -0.2) is 18.1 Å². The van der Waals surface area contributed by atoms with Gasteiger partial charge < -0.3 is 10.5 Å². The van der Waals surface area contributed by atoms with Gasteiger partial charge in [0.1, 0.15) is 12.1 Å². The number of carbonyl (C=O) groups excluding carboxylic acids is 1. The standard InChI is InChI=1S/C17H25NO2/c1-12-8-13(2)10-15(9-12)20-17(19)16(18)11-14-6-4-3-5-7-14/h3-7,12-13,15-16H,8-11,18H2,1-2H3. The van der Waals surface area contributed by atoms with E-state index < -0.39 is 6.04 Å². The normalized spacial score (nSPS) is 27.9. The van der Waals surface area contributed by atoms with E-state index in [1.807, 2.05) is 30.3 Å². The Balaban J connectivity index is 1.84. The van der Waals surface area contributed by atoms with E-state index >= 15 is 0 Å². The molecule has 3 heteroatoms. The Kier molecular flexibility index (Phi) is 5.18. The van der Waals surface area contributed by atoms with Gasteiger partial charge in [0.15, 0.2) is 0 Å². The lowest BCUT2D eigenvalue weighted by molar-refractivity contribution is -0.153. The number of ether oxygens (including phenoxy) is 1. The molecule has 0 heterocycles. The first-order chi connectivity index (χ1) is 9.54. The summed E-state index contributed by atoms with van der Waals surface area (Å²) < 4.78 is 5.60. The average molecular weight is 275 g/mol. The van der Waals surface area contributed by atoms with Gasteiger partial charge in [-0.25, -0.2) is 0 Å². The summed E-state index contributed by atoms with van der Waals surface area (Å²) in [6.45, 7) is 4.45. The fourth-order valence-electron chi connectivity index (χ4n) is 3.17. The van der Waals surface area contributed by atoms with Gasteiger partial charge in [0.25, 0.3) is 0 Å². The molecular weight excluding hydrogens is 250 g/mol. The second kappa shape index (κ2) is 6.89. The zero-order valence-corrected chi connectivity index (χ0v) is 12.4. The summed E-state index contributed by atoms with van der Waals surface area (Å²) in [6, 6.07) is 9.27. The molecule has 2 N–H and O–H groups in total. The molecule has 3 atom stereocenters. The third-order valence-corrected chi connectivity index (χ3v) is 4.02. The molecule has 0 aliphatic heterocycles. The molecule has 1 fully saturated rings. The minimum absolute atomic E-state index is 0.0445. The lowest BCUT2D eigenvalue weighted by Crippen LogP contribution is -2.38. The van der Waals surface area contributed by atoms with Gasteiger partial charge in [-0.05, 0) is 43.1 Å². The van der Waals surface area contributed by atoms with Crippen molar-refractivity contribution in [3.05, 3.63) is 35.9 Å². The van der Waals surface area contributed by atoms with E-state index in [0.717, 1.165) is 18.4 Å². The van der Waals surface area contributed by atoms with Crippen molar-refractivity contribution in [1.82, 2.24) is 0 Å². The van der Waals surface area contributed by atoms with E-state index in [1.165, 1.54) is 6.42 Å². The van der Waals surface area contributed by atoms with Crippen molar-refractivity contribution in [3.8, 4) is 0 Å². The summed E-state index contributed by atoms with van der Waals surface area (Å²) in [7, 11) is 0. The van der Waals surface area contributed by atoms with Gasteiger partial charge in [-0.1, -0.05) is 44.2 Å². The highest BCUT2D eigenvalue weighted by atomic mass is 16.5. The van der Waals surface area contributed by atoms with Crippen molar-refractivity contribution >= 4 is 5.97 Å². The third kappa shape index (κ3) is 4.34. The van der Waals surface area contributed by atoms with Crippen LogP contribution in [0.4, 0.5) is 0 Å². The highest BCUT2D eigenvalue weighted by molar-refractivity contribution is 5.76. The number of hydrogen-bond donors (Lipinski definition) is 1. The fourth-order valence-corrected chi connectivity index (χ4v) is 3.17. The first kappa shape index (κ1) is 15.0. The van der Waals surface area contributed by atoms with Gasteiger partial charge in [0.2, 0.25) is 0 Å². The zero-order chi connectivity index (χ0) is 14.5. The quantitative estimate of drug-likeness (QED) is 0.860. The Labute approximate surface area is 121 Å². The largest absolute Gasteiger partial charge is 0.461 e. The van der Waals surface area contributed by atoms with Gasteiger partial charge in [-0.2, -0.15) is 0 Å². The number of hydrogen-bond acceptors (Lipinski definition) is 3. The van der Waals surface area contributed by atoms with Crippen LogP contribution in [0.15, 0.2) is 30.3 Å². The summed E-state index contributed by atoms with van der Waals surface area (Å²) in [5.74, 6) is 0.990. The average Bonchev–Trinajstić information content (AvgIpc) is 2.38. The predicted octanol–water partition coefficient (Wildman–Crippen LogP) is 2.92. The molecule has 0 spiro atoms. The second-order valence-corrected chi connectivity index (χ2v) is 6.27. The molecule has 0 saturated heterocycles. The molecule has 1 aliphatic carbocycles. The van der Waals surface area contributed by atoms with Crippen molar-refractivity contribution in [2.75, 3.05) is 0 Å². The second-order valence-electron chi connectivity index (χ2n) is 6.27. The van der Waals surface area contributed by atoms with Crippen LogP contribution < -0.4 is 5.73 Å². The maximum Gasteiger partial charge on any atom is 0.323 e. The SMILES string of the molecule is CC1CC(C)CC(OC(=O)C(N)Cc2ccccc2)C1. The van der Waals surface area contributed by atoms with E-state index in [0.29, 0.717) is 18.3 Å². The minimum Gasteiger partial charge on any atom is -0.461 e. The Morgan fingerprint density at radius 1 is 1.20 bits per heavy atom. The first-order valence-electron chi connectivity index (χ1n) is 7.54. The molecule has 1 saturated carbocycles. The summed E-state index contributed by atoms with van der Waals surface area (Å²) in [6.07, 6.45) is 3.74. The lowest BCUT2D eigenvalue weighted by atomic mass is 9.82. The third-order valence-electron chi connectivity index (χ3n) is 4.02. The lowest BCUT2D eigenvalue weighted by Gasteiger charge is -2.31. The molecule has 3 nitrogen and oxygen atoms in total. The molecule has 110 valence electrons. The summed E-state index contributed by atoms with van der Waals surface area (Å²) >= 11 is 0. The van der Waals surface area contributed by atoms with E-state index in [4.69, 9.17) is 10.5 Å². The number of benzene rings is 1. The highest BCUT2D eigenvalue weighted by Crippen LogP contribution is 2.30. The molecule has 3 unspecified atom stereocenters. The molecule has 0 bridgehead atoms. The predicted molar refractivity (Wildman–Crippen MR) is 80.2 cm³/mol. The van der Waals surface area contributed by atoms with Crippen LogP contribution in [0.3, 0.4) is 0 Å². The number of carbonyl (C=O) groups is 1. The molecule has 20 heavy (non-hydrogen) atoms. The monoisotopic (exact) mass is 275 g/mol. The van der Waals surface area contributed by atoms with Crippen LogP contribution in [0.1, 0.15) is 38.7 Å². The maximum absolute atomic E-state index is 12.1. The Morgan fingerprint density at radius 3 is 2.40 bits per heavy atom. The number of esters is 1. The van der Waals surface area contributed by atoms with Crippen molar-refractivity contribution in [1.29, 1.82) is 0 Å². The molecule has 1 aromatic carbocycles. The summed E-state index contributed by atoms with van der Waals surface area (Å²) in [5, 5.41) is 0. The van der Waals surface area contributed by atoms with Crippen molar-refractivity contribution < 1.29 is 9.53 Å². The molecule has 2 rings (SSSR count). The molecule has 0 aromatic heterocycles. The van der Waals surface area contributed by atoms with Gasteiger partial charge in [0.05, 0.1) is 0 Å². The van der Waals surface area contributed by atoms with E-state index in [-0.39, 0.29) is 12.1 Å². The van der Waals surface area contributed by atoms with E-state index in [9.17, 15) is 4.79 Å². The maximum atomic E-state index is 12.1. The Bertz CT molecular complexity index is 422. The van der Waals surface area contributed by atoms with Crippen LogP contribution in [0.5, 0.6) is 0 Å². The number of nitrogens with two attached hydrogens (primary N) is 1. The molecule has 0 radical (unpaired) electrons. The van der Waals surface area contributed by atoms with Crippen LogP contribution in [0.25, 0.3) is 0 Å². The Morgan fingerprint density at radius 2 is 1.80 bits per heavy atom. The van der Waals surface area contributed by atoms with Crippen molar-refractivity contribution in [2.45, 2.75) is 51.7 Å². The van der Waals surface area contributed by atoms with Crippen LogP contribution >= 0.6 is 0 Å². The van der Waals surface area contributed by atoms with Gasteiger partial charge in [-0.3, -0.25) is 4.79 Å². The van der Waals surface area contributed by atoms with E-state index in [2.05, 4.69) is 13.8 Å². The molecule has 0 amide bonds. The van der Waals surface area contributed by atoms with Gasteiger partial charge >= 0.3 is 5.97 Å². The smallest absolute Gasteiger partial charge is 0.323 e. The van der Waals surface area contributed by atoms with Gasteiger partial charge in [0, 0.05) is 0 Å². The molecule has 1 aliphatic rings. The van der Waals surface area contributed by atoms with Crippen molar-refractivity contribution in [3.63, 3.8) is 0 Å². The van der Waals surface area contributed by atoms with Crippen LogP contribution in [-0.2, 0) is 16.0 Å². The Hall–Kier alpha value is -1.35. The molecular formula is C17H25NO2. The molecule has 1 aromatic rings. The van der Waals surface area contributed by atoms with Gasteiger partial charge in [-0.15, -0.1) is 0 Å². The van der Waals surface area contributed by atoms with E-state index in [1.54, 1.807) is 0 Å².